The van der Waals surface area contributed by atoms with Crippen LogP contribution in [-0.4, -0.2) is 18.1 Å². The zero-order chi connectivity index (χ0) is 14.9. The van der Waals surface area contributed by atoms with Gasteiger partial charge in [-0.15, -0.1) is 0 Å². The summed E-state index contributed by atoms with van der Waals surface area (Å²) >= 11 is 8.54. The molecule has 2 aromatic rings. The van der Waals surface area contributed by atoms with Crippen molar-refractivity contribution in [1.29, 1.82) is 0 Å². The van der Waals surface area contributed by atoms with Crippen LogP contribution in [0.1, 0.15) is 18.4 Å². The minimum atomic E-state index is 0.724. The summed E-state index contributed by atoms with van der Waals surface area (Å²) in [6.07, 6.45) is 3.03. The van der Waals surface area contributed by atoms with Crippen LogP contribution in [-0.2, 0) is 6.42 Å². The van der Waals surface area contributed by atoms with Gasteiger partial charge in [-0.05, 0) is 59.6 Å². The number of rotatable bonds is 8. The van der Waals surface area contributed by atoms with Crippen LogP contribution >= 0.6 is 25.3 Å². The van der Waals surface area contributed by atoms with Gasteiger partial charge in [0.05, 0.1) is 6.61 Å². The Balaban J connectivity index is 2.21. The molecule has 0 aliphatic carbocycles. The Hall–Kier alpha value is -1.06. The second kappa shape index (κ2) is 9.06. The number of benzene rings is 2. The topological polar surface area (TPSA) is 9.23 Å². The molecule has 2 rings (SSSR count). The molecule has 0 aromatic heterocycles. The number of ether oxygens (including phenoxy) is 1. The van der Waals surface area contributed by atoms with Gasteiger partial charge in [-0.1, -0.05) is 36.4 Å². The Morgan fingerprint density at radius 3 is 2.29 bits per heavy atom. The van der Waals surface area contributed by atoms with Crippen LogP contribution in [0, 0.1) is 0 Å². The Bertz CT molecular complexity index is 540. The van der Waals surface area contributed by atoms with Crippen LogP contribution in [0.4, 0.5) is 0 Å². The highest BCUT2D eigenvalue weighted by Gasteiger charge is 2.06. The maximum atomic E-state index is 5.89. The average molecular weight is 319 g/mol. The van der Waals surface area contributed by atoms with E-state index in [0.29, 0.717) is 0 Å². The lowest BCUT2D eigenvalue weighted by atomic mass is 10.0. The van der Waals surface area contributed by atoms with Crippen molar-refractivity contribution in [3.05, 3.63) is 54.1 Å². The maximum Gasteiger partial charge on any atom is 0.122 e. The fraction of sp³-hybridized carbons (Fsp3) is 0.333. The Morgan fingerprint density at radius 1 is 0.810 bits per heavy atom. The first-order valence-electron chi connectivity index (χ1n) is 7.38. The highest BCUT2D eigenvalue weighted by molar-refractivity contribution is 7.80. The van der Waals surface area contributed by atoms with Crippen molar-refractivity contribution in [2.75, 3.05) is 18.1 Å². The predicted molar refractivity (Wildman–Crippen MR) is 98.0 cm³/mol. The van der Waals surface area contributed by atoms with Gasteiger partial charge in [0.1, 0.15) is 5.75 Å². The normalized spacial score (nSPS) is 10.6. The van der Waals surface area contributed by atoms with E-state index in [1.807, 2.05) is 6.07 Å². The molecule has 0 unspecified atom stereocenters. The van der Waals surface area contributed by atoms with Crippen molar-refractivity contribution in [2.24, 2.45) is 0 Å². The van der Waals surface area contributed by atoms with Crippen molar-refractivity contribution in [3.8, 4) is 16.9 Å². The van der Waals surface area contributed by atoms with Crippen LogP contribution in [0.5, 0.6) is 5.75 Å². The molecule has 21 heavy (non-hydrogen) atoms. The first-order chi connectivity index (χ1) is 10.3. The molecule has 2 aromatic carbocycles. The van der Waals surface area contributed by atoms with E-state index >= 15 is 0 Å². The van der Waals surface area contributed by atoms with E-state index < -0.39 is 0 Å². The molecule has 0 saturated heterocycles. The summed E-state index contributed by atoms with van der Waals surface area (Å²) in [6, 6.07) is 16.9. The van der Waals surface area contributed by atoms with Crippen LogP contribution in [0.3, 0.4) is 0 Å². The van der Waals surface area contributed by atoms with Crippen molar-refractivity contribution in [3.63, 3.8) is 0 Å². The summed E-state index contributed by atoms with van der Waals surface area (Å²) in [7, 11) is 0. The lowest BCUT2D eigenvalue weighted by Gasteiger charge is -2.13. The molecule has 0 amide bonds. The highest BCUT2D eigenvalue weighted by Crippen LogP contribution is 2.28. The van der Waals surface area contributed by atoms with Crippen LogP contribution < -0.4 is 4.74 Å². The third kappa shape index (κ3) is 5.01. The zero-order valence-electron chi connectivity index (χ0n) is 12.2. The smallest absolute Gasteiger partial charge is 0.122 e. The molecule has 3 heteroatoms. The maximum absolute atomic E-state index is 5.89. The van der Waals surface area contributed by atoms with Crippen molar-refractivity contribution in [2.45, 2.75) is 19.3 Å². The van der Waals surface area contributed by atoms with E-state index in [0.717, 1.165) is 43.1 Å². The fourth-order valence-electron chi connectivity index (χ4n) is 2.24. The first kappa shape index (κ1) is 16.3. The standard InChI is InChI=1S/C18H22OS2/c20-12-4-8-17-14-16(15-6-2-1-3-7-15)9-10-18(17)19-11-5-13-21/h1-3,6-7,9-10,14,20-21H,4-5,8,11-13H2. The van der Waals surface area contributed by atoms with Gasteiger partial charge in [-0.3, -0.25) is 0 Å². The second-order valence-electron chi connectivity index (χ2n) is 4.94. The first-order valence-corrected chi connectivity index (χ1v) is 8.64. The van der Waals surface area contributed by atoms with Crippen LogP contribution in [0.15, 0.2) is 48.5 Å². The van der Waals surface area contributed by atoms with Gasteiger partial charge < -0.3 is 4.74 Å². The lowest BCUT2D eigenvalue weighted by Crippen LogP contribution is -2.01. The molecular weight excluding hydrogens is 296 g/mol. The van der Waals surface area contributed by atoms with Gasteiger partial charge >= 0.3 is 0 Å². The zero-order valence-corrected chi connectivity index (χ0v) is 14.0. The molecule has 0 spiro atoms. The van der Waals surface area contributed by atoms with E-state index in [2.05, 4.69) is 67.7 Å². The number of hydrogen-bond donors (Lipinski definition) is 2. The molecule has 0 aliphatic rings. The molecule has 1 nitrogen and oxygen atoms in total. The summed E-state index contributed by atoms with van der Waals surface area (Å²) in [4.78, 5) is 0. The average Bonchev–Trinajstić information content (AvgIpc) is 2.54. The molecule has 0 saturated carbocycles. The Kier molecular flexibility index (Phi) is 7.04. The van der Waals surface area contributed by atoms with Gasteiger partial charge in [0.25, 0.3) is 0 Å². The molecule has 0 N–H and O–H groups in total. The van der Waals surface area contributed by atoms with E-state index in [4.69, 9.17) is 4.74 Å². The highest BCUT2D eigenvalue weighted by atomic mass is 32.1. The summed E-state index contributed by atoms with van der Waals surface area (Å²) in [5.41, 5.74) is 3.75. The van der Waals surface area contributed by atoms with E-state index in [9.17, 15) is 0 Å². The summed E-state index contributed by atoms with van der Waals surface area (Å²) in [6.45, 7) is 0.724. The monoisotopic (exact) mass is 318 g/mol. The van der Waals surface area contributed by atoms with Crippen molar-refractivity contribution < 1.29 is 4.74 Å². The molecule has 0 atom stereocenters. The molecule has 0 bridgehead atoms. The minimum absolute atomic E-state index is 0.724. The van der Waals surface area contributed by atoms with Gasteiger partial charge in [-0.2, -0.15) is 25.3 Å². The third-order valence-electron chi connectivity index (χ3n) is 3.33. The SMILES string of the molecule is SCCCOc1ccc(-c2ccccc2)cc1CCCS. The summed E-state index contributed by atoms with van der Waals surface area (Å²) in [5.74, 6) is 2.75. The van der Waals surface area contributed by atoms with Crippen molar-refractivity contribution in [1.82, 2.24) is 0 Å². The van der Waals surface area contributed by atoms with Crippen LogP contribution in [0.2, 0.25) is 0 Å². The van der Waals surface area contributed by atoms with Gasteiger partial charge in [0.15, 0.2) is 0 Å². The lowest BCUT2D eigenvalue weighted by molar-refractivity contribution is 0.315. The van der Waals surface area contributed by atoms with Gasteiger partial charge in [0, 0.05) is 0 Å². The van der Waals surface area contributed by atoms with Gasteiger partial charge in [0.2, 0.25) is 0 Å². The summed E-state index contributed by atoms with van der Waals surface area (Å²) < 4.78 is 5.89. The second-order valence-corrected chi connectivity index (χ2v) is 5.84. The Morgan fingerprint density at radius 2 is 1.57 bits per heavy atom. The van der Waals surface area contributed by atoms with Gasteiger partial charge in [-0.25, -0.2) is 0 Å². The summed E-state index contributed by atoms with van der Waals surface area (Å²) in [5, 5.41) is 0. The fourth-order valence-corrected chi connectivity index (χ4v) is 2.53. The molecule has 112 valence electrons. The quantitative estimate of drug-likeness (QED) is 0.519. The van der Waals surface area contributed by atoms with E-state index in [1.165, 1.54) is 16.7 Å². The Labute approximate surface area is 138 Å². The van der Waals surface area contributed by atoms with E-state index in [-0.39, 0.29) is 0 Å². The van der Waals surface area contributed by atoms with Crippen LogP contribution in [0.25, 0.3) is 11.1 Å². The largest absolute Gasteiger partial charge is 0.493 e. The number of thiol groups is 2. The molecule has 0 radical (unpaired) electrons. The molecule has 0 heterocycles. The molecular formula is C18H22OS2. The predicted octanol–water partition coefficient (Wildman–Crippen LogP) is 4.91. The molecule has 0 aliphatic heterocycles. The number of aryl methyl sites for hydroxylation is 1. The van der Waals surface area contributed by atoms with E-state index in [1.54, 1.807) is 0 Å². The number of hydrogen-bond acceptors (Lipinski definition) is 3. The van der Waals surface area contributed by atoms with Crippen molar-refractivity contribution >= 4 is 25.3 Å². The molecule has 0 fully saturated rings. The third-order valence-corrected chi connectivity index (χ3v) is 3.96. The minimum Gasteiger partial charge on any atom is -0.493 e.